The number of nitrogens with zero attached hydrogens (tertiary/aromatic N) is 4. The summed E-state index contributed by atoms with van der Waals surface area (Å²) in [6, 6.07) is 4.74. The van der Waals surface area contributed by atoms with Gasteiger partial charge < -0.3 is 14.8 Å². The van der Waals surface area contributed by atoms with Crippen molar-refractivity contribution in [1.29, 1.82) is 0 Å². The van der Waals surface area contributed by atoms with Gasteiger partial charge in [0, 0.05) is 18.0 Å². The number of rotatable bonds is 3. The number of halogens is 1. The molecule has 0 bridgehead atoms. The lowest BCUT2D eigenvalue weighted by atomic mass is 10.2. The van der Waals surface area contributed by atoms with Crippen LogP contribution in [0.3, 0.4) is 0 Å². The molecule has 0 fully saturated rings. The lowest BCUT2D eigenvalue weighted by molar-refractivity contribution is 0.380. The summed E-state index contributed by atoms with van der Waals surface area (Å²) >= 11 is 0. The van der Waals surface area contributed by atoms with Crippen LogP contribution < -0.4 is 5.73 Å². The van der Waals surface area contributed by atoms with Crippen LogP contribution in [0.4, 0.5) is 4.39 Å². The molecule has 102 valence electrons. The molecule has 3 aromatic rings. The number of aryl methyl sites for hydroxylation is 1. The van der Waals surface area contributed by atoms with Crippen molar-refractivity contribution in [3.63, 3.8) is 0 Å². The van der Waals surface area contributed by atoms with Gasteiger partial charge >= 0.3 is 0 Å². The summed E-state index contributed by atoms with van der Waals surface area (Å²) in [5.74, 6) is 0.956. The van der Waals surface area contributed by atoms with Crippen LogP contribution in [-0.4, -0.2) is 19.7 Å². The minimum Gasteiger partial charge on any atom is -0.338 e. The van der Waals surface area contributed by atoms with Gasteiger partial charge in [0.15, 0.2) is 0 Å². The van der Waals surface area contributed by atoms with E-state index in [1.54, 1.807) is 36.0 Å². The zero-order valence-electron chi connectivity index (χ0n) is 10.7. The van der Waals surface area contributed by atoms with E-state index in [0.29, 0.717) is 28.8 Å². The zero-order valence-corrected chi connectivity index (χ0v) is 10.7. The zero-order chi connectivity index (χ0) is 14.1. The molecular weight excluding hydrogens is 261 g/mol. The monoisotopic (exact) mass is 273 g/mol. The molecule has 0 unspecified atom stereocenters. The van der Waals surface area contributed by atoms with E-state index >= 15 is 0 Å². The molecule has 1 aromatic carbocycles. The Bertz CT molecular complexity index is 749. The highest BCUT2D eigenvalue weighted by Crippen LogP contribution is 2.22. The standard InChI is InChI=1S/C13H12FN5O/c1-8-16-4-5-19(8)11-3-2-9(6-10(11)14)13-17-12(7-15)20-18-13/h2-6H,7,15H2,1H3. The first kappa shape index (κ1) is 12.5. The van der Waals surface area contributed by atoms with Crippen LogP contribution in [-0.2, 0) is 6.54 Å². The second kappa shape index (κ2) is 4.86. The minimum atomic E-state index is -0.386. The molecule has 6 nitrogen and oxygen atoms in total. The maximum atomic E-state index is 14.2. The minimum absolute atomic E-state index is 0.155. The van der Waals surface area contributed by atoms with Crippen molar-refractivity contribution in [3.05, 3.63) is 48.1 Å². The lowest BCUT2D eigenvalue weighted by Crippen LogP contribution is -1.99. The molecule has 0 saturated heterocycles. The fourth-order valence-corrected chi connectivity index (χ4v) is 1.93. The molecule has 0 radical (unpaired) electrons. The third-order valence-corrected chi connectivity index (χ3v) is 2.93. The summed E-state index contributed by atoms with van der Waals surface area (Å²) in [7, 11) is 0. The van der Waals surface area contributed by atoms with Crippen molar-refractivity contribution in [2.24, 2.45) is 5.73 Å². The van der Waals surface area contributed by atoms with Crippen LogP contribution in [0.15, 0.2) is 35.1 Å². The number of hydrogen-bond donors (Lipinski definition) is 1. The second-order valence-corrected chi connectivity index (χ2v) is 4.23. The van der Waals surface area contributed by atoms with Crippen LogP contribution in [0.5, 0.6) is 0 Å². The molecule has 20 heavy (non-hydrogen) atoms. The number of benzene rings is 1. The summed E-state index contributed by atoms with van der Waals surface area (Å²) < 4.78 is 20.8. The molecule has 0 spiro atoms. The second-order valence-electron chi connectivity index (χ2n) is 4.23. The fourth-order valence-electron chi connectivity index (χ4n) is 1.93. The highest BCUT2D eigenvalue weighted by Gasteiger charge is 2.12. The van der Waals surface area contributed by atoms with Gasteiger partial charge in [-0.3, -0.25) is 0 Å². The summed E-state index contributed by atoms with van der Waals surface area (Å²) in [4.78, 5) is 8.13. The van der Waals surface area contributed by atoms with E-state index in [1.807, 2.05) is 0 Å². The first-order valence-electron chi connectivity index (χ1n) is 6.02. The van der Waals surface area contributed by atoms with Gasteiger partial charge in [-0.05, 0) is 25.1 Å². The number of hydrogen-bond acceptors (Lipinski definition) is 5. The van der Waals surface area contributed by atoms with Crippen molar-refractivity contribution in [3.8, 4) is 17.1 Å². The fraction of sp³-hybridized carbons (Fsp3) is 0.154. The molecule has 0 amide bonds. The van der Waals surface area contributed by atoms with E-state index in [-0.39, 0.29) is 12.4 Å². The smallest absolute Gasteiger partial charge is 0.240 e. The third kappa shape index (κ3) is 2.08. The number of nitrogens with two attached hydrogens (primary N) is 1. The van der Waals surface area contributed by atoms with Gasteiger partial charge in [-0.1, -0.05) is 5.16 Å². The predicted octanol–water partition coefficient (Wildman–Crippen LogP) is 1.83. The highest BCUT2D eigenvalue weighted by molar-refractivity contribution is 5.57. The lowest BCUT2D eigenvalue weighted by Gasteiger charge is -2.07. The van der Waals surface area contributed by atoms with E-state index in [1.165, 1.54) is 6.07 Å². The Hall–Kier alpha value is -2.54. The van der Waals surface area contributed by atoms with Gasteiger partial charge in [0.2, 0.25) is 11.7 Å². The van der Waals surface area contributed by atoms with Crippen molar-refractivity contribution >= 4 is 0 Å². The first-order valence-corrected chi connectivity index (χ1v) is 6.02. The maximum Gasteiger partial charge on any atom is 0.240 e. The molecule has 0 aliphatic carbocycles. The predicted molar refractivity (Wildman–Crippen MR) is 69.4 cm³/mol. The Labute approximate surface area is 114 Å². The van der Waals surface area contributed by atoms with Gasteiger partial charge in [0.1, 0.15) is 11.6 Å². The Morgan fingerprint density at radius 1 is 1.40 bits per heavy atom. The van der Waals surface area contributed by atoms with Crippen LogP contribution in [0, 0.1) is 12.7 Å². The molecule has 2 aromatic heterocycles. The summed E-state index contributed by atoms with van der Waals surface area (Å²) in [6.07, 6.45) is 3.32. The molecule has 2 N–H and O–H groups in total. The van der Waals surface area contributed by atoms with Crippen molar-refractivity contribution in [1.82, 2.24) is 19.7 Å². The highest BCUT2D eigenvalue weighted by atomic mass is 19.1. The summed E-state index contributed by atoms with van der Waals surface area (Å²) in [5, 5.41) is 3.76. The molecule has 3 rings (SSSR count). The van der Waals surface area contributed by atoms with E-state index in [9.17, 15) is 4.39 Å². The largest absolute Gasteiger partial charge is 0.338 e. The average molecular weight is 273 g/mol. The topological polar surface area (TPSA) is 82.8 Å². The van der Waals surface area contributed by atoms with Gasteiger partial charge in [-0.15, -0.1) is 0 Å². The van der Waals surface area contributed by atoms with Crippen molar-refractivity contribution < 1.29 is 8.91 Å². The van der Waals surface area contributed by atoms with Crippen molar-refractivity contribution in [2.45, 2.75) is 13.5 Å². The summed E-state index contributed by atoms with van der Waals surface area (Å²) in [5.41, 5.74) is 6.35. The van der Waals surface area contributed by atoms with Crippen LogP contribution in [0.1, 0.15) is 11.7 Å². The SMILES string of the molecule is Cc1nccn1-c1ccc(-c2noc(CN)n2)cc1F. The van der Waals surface area contributed by atoms with Gasteiger partial charge in [0.05, 0.1) is 12.2 Å². The maximum absolute atomic E-state index is 14.2. The van der Waals surface area contributed by atoms with E-state index in [4.69, 9.17) is 10.3 Å². The van der Waals surface area contributed by atoms with Crippen molar-refractivity contribution in [2.75, 3.05) is 0 Å². The molecule has 0 atom stereocenters. The molecule has 7 heteroatoms. The Kier molecular flexibility index (Phi) is 3.03. The normalized spacial score (nSPS) is 10.9. The summed E-state index contributed by atoms with van der Waals surface area (Å²) in [6.45, 7) is 1.96. The quantitative estimate of drug-likeness (QED) is 0.787. The van der Waals surface area contributed by atoms with Crippen LogP contribution in [0.25, 0.3) is 17.1 Å². The molecule has 0 aliphatic rings. The van der Waals surface area contributed by atoms with Crippen LogP contribution in [0.2, 0.25) is 0 Å². The van der Waals surface area contributed by atoms with Gasteiger partial charge in [0.25, 0.3) is 0 Å². The average Bonchev–Trinajstić information content (AvgIpc) is 3.07. The van der Waals surface area contributed by atoms with Crippen LogP contribution >= 0.6 is 0 Å². The number of aromatic nitrogens is 4. The number of imidazole rings is 1. The van der Waals surface area contributed by atoms with E-state index in [0.717, 1.165) is 0 Å². The third-order valence-electron chi connectivity index (χ3n) is 2.93. The van der Waals surface area contributed by atoms with E-state index in [2.05, 4.69) is 15.1 Å². The Morgan fingerprint density at radius 3 is 2.85 bits per heavy atom. The Balaban J connectivity index is 2.01. The molecule has 0 saturated carbocycles. The molecule has 2 heterocycles. The Morgan fingerprint density at radius 2 is 2.25 bits per heavy atom. The van der Waals surface area contributed by atoms with E-state index < -0.39 is 0 Å². The molecule has 0 aliphatic heterocycles. The first-order chi connectivity index (χ1) is 9.69. The molecular formula is C13H12FN5O. The van der Waals surface area contributed by atoms with Gasteiger partial charge in [-0.25, -0.2) is 9.37 Å². The van der Waals surface area contributed by atoms with Gasteiger partial charge in [-0.2, -0.15) is 4.98 Å².